The Morgan fingerprint density at radius 3 is 2.61 bits per heavy atom. The van der Waals surface area contributed by atoms with Crippen LogP contribution in [0.25, 0.3) is 0 Å². The highest BCUT2D eigenvalue weighted by Crippen LogP contribution is 2.25. The van der Waals surface area contributed by atoms with Crippen molar-refractivity contribution in [2.45, 2.75) is 40.2 Å². The lowest BCUT2D eigenvalue weighted by Crippen LogP contribution is -2.34. The molecule has 0 bridgehead atoms. The molecule has 18 heavy (non-hydrogen) atoms. The molecular formula is C14H23N3O. The summed E-state index contributed by atoms with van der Waals surface area (Å²) < 4.78 is 0. The number of nitrogens with zero attached hydrogens (tertiary/aromatic N) is 2. The summed E-state index contributed by atoms with van der Waals surface area (Å²) in [5.74, 6) is 0.159. The minimum absolute atomic E-state index is 0.159. The van der Waals surface area contributed by atoms with Gasteiger partial charge in [0.1, 0.15) is 0 Å². The van der Waals surface area contributed by atoms with Gasteiger partial charge in [-0.25, -0.2) is 0 Å². The number of nitrogens with two attached hydrogens (primary N) is 1. The van der Waals surface area contributed by atoms with E-state index in [-0.39, 0.29) is 5.84 Å². The van der Waals surface area contributed by atoms with Gasteiger partial charge in [0, 0.05) is 23.8 Å². The molecule has 100 valence electrons. The molecule has 0 fully saturated rings. The maximum absolute atomic E-state index is 8.88. The number of rotatable bonds is 5. The third kappa shape index (κ3) is 2.94. The molecule has 0 spiro atoms. The van der Waals surface area contributed by atoms with Crippen LogP contribution in [0.2, 0.25) is 0 Å². The van der Waals surface area contributed by atoms with Gasteiger partial charge in [-0.15, -0.1) is 0 Å². The Balaban J connectivity index is 3.31. The number of aryl methyl sites for hydroxylation is 1. The molecule has 0 amide bonds. The Morgan fingerprint density at radius 1 is 1.44 bits per heavy atom. The van der Waals surface area contributed by atoms with E-state index in [2.05, 4.69) is 36.9 Å². The molecule has 4 heteroatoms. The molecule has 0 saturated carbocycles. The van der Waals surface area contributed by atoms with Crippen LogP contribution in [0.15, 0.2) is 23.4 Å². The van der Waals surface area contributed by atoms with E-state index in [1.807, 2.05) is 19.1 Å². The number of amidine groups is 1. The van der Waals surface area contributed by atoms with Crippen molar-refractivity contribution < 1.29 is 5.21 Å². The minimum atomic E-state index is 0.159. The molecule has 0 aliphatic heterocycles. The molecule has 0 aliphatic rings. The van der Waals surface area contributed by atoms with Crippen LogP contribution >= 0.6 is 0 Å². The molecule has 0 saturated heterocycles. The van der Waals surface area contributed by atoms with E-state index in [9.17, 15) is 0 Å². The molecular weight excluding hydrogens is 226 g/mol. The number of hydrogen-bond donors (Lipinski definition) is 2. The highest BCUT2D eigenvalue weighted by atomic mass is 16.4. The van der Waals surface area contributed by atoms with Crippen LogP contribution in [0.1, 0.15) is 38.3 Å². The van der Waals surface area contributed by atoms with Crippen molar-refractivity contribution in [3.8, 4) is 0 Å². The van der Waals surface area contributed by atoms with E-state index < -0.39 is 0 Å². The predicted molar refractivity (Wildman–Crippen MR) is 76.5 cm³/mol. The second-order valence-electron chi connectivity index (χ2n) is 4.55. The quantitative estimate of drug-likeness (QED) is 0.365. The summed E-state index contributed by atoms with van der Waals surface area (Å²) in [6.07, 6.45) is 1.05. The van der Waals surface area contributed by atoms with Gasteiger partial charge in [-0.1, -0.05) is 18.1 Å². The van der Waals surface area contributed by atoms with Crippen molar-refractivity contribution in [1.82, 2.24) is 0 Å². The Labute approximate surface area is 109 Å². The normalized spacial score (nSPS) is 13.4. The van der Waals surface area contributed by atoms with E-state index in [0.717, 1.165) is 24.2 Å². The number of benzene rings is 1. The lowest BCUT2D eigenvalue weighted by Gasteiger charge is -2.31. The van der Waals surface area contributed by atoms with Crippen LogP contribution in [0.4, 0.5) is 5.69 Å². The van der Waals surface area contributed by atoms with Gasteiger partial charge < -0.3 is 15.8 Å². The number of hydrogen-bond acceptors (Lipinski definition) is 3. The van der Waals surface area contributed by atoms with E-state index in [1.54, 1.807) is 0 Å². The maximum atomic E-state index is 8.88. The molecule has 1 rings (SSSR count). The van der Waals surface area contributed by atoms with Crippen LogP contribution in [0, 0.1) is 6.92 Å². The van der Waals surface area contributed by atoms with Crippen LogP contribution in [-0.4, -0.2) is 23.6 Å². The van der Waals surface area contributed by atoms with Crippen LogP contribution in [0.3, 0.4) is 0 Å². The smallest absolute Gasteiger partial charge is 0.172 e. The highest BCUT2D eigenvalue weighted by Gasteiger charge is 2.17. The Morgan fingerprint density at radius 2 is 2.11 bits per heavy atom. The standard InChI is InChI=1S/C14H23N3O/c1-5-11(4)17(6-2)13-9-10(3)7-8-12(13)14(15)16-18/h7-9,11,18H,5-6H2,1-4H3,(H2,15,16). The lowest BCUT2D eigenvalue weighted by molar-refractivity contribution is 0.318. The fourth-order valence-corrected chi connectivity index (χ4v) is 2.09. The Bertz CT molecular complexity index is 429. The maximum Gasteiger partial charge on any atom is 0.172 e. The molecule has 3 N–H and O–H groups in total. The fraction of sp³-hybridized carbons (Fsp3) is 0.500. The monoisotopic (exact) mass is 249 g/mol. The second kappa shape index (κ2) is 6.28. The van der Waals surface area contributed by atoms with Gasteiger partial charge in [0.2, 0.25) is 0 Å². The summed E-state index contributed by atoms with van der Waals surface area (Å²) >= 11 is 0. The van der Waals surface area contributed by atoms with E-state index >= 15 is 0 Å². The first-order chi connectivity index (χ1) is 8.54. The van der Waals surface area contributed by atoms with Crippen LogP contribution < -0.4 is 10.6 Å². The zero-order chi connectivity index (χ0) is 13.7. The summed E-state index contributed by atoms with van der Waals surface area (Å²) in [7, 11) is 0. The summed E-state index contributed by atoms with van der Waals surface area (Å²) in [4.78, 5) is 2.28. The van der Waals surface area contributed by atoms with Gasteiger partial charge in [0.25, 0.3) is 0 Å². The van der Waals surface area contributed by atoms with Crippen molar-refractivity contribution in [1.29, 1.82) is 0 Å². The van der Waals surface area contributed by atoms with Crippen molar-refractivity contribution in [3.05, 3.63) is 29.3 Å². The molecule has 0 aromatic heterocycles. The van der Waals surface area contributed by atoms with Crippen LogP contribution in [0.5, 0.6) is 0 Å². The average molecular weight is 249 g/mol. The first-order valence-corrected chi connectivity index (χ1v) is 6.40. The van der Waals surface area contributed by atoms with E-state index in [1.165, 1.54) is 5.56 Å². The first-order valence-electron chi connectivity index (χ1n) is 6.40. The summed E-state index contributed by atoms with van der Waals surface area (Å²) in [6, 6.07) is 6.39. The minimum Gasteiger partial charge on any atom is -0.409 e. The largest absolute Gasteiger partial charge is 0.409 e. The van der Waals surface area contributed by atoms with Crippen molar-refractivity contribution in [3.63, 3.8) is 0 Å². The molecule has 4 nitrogen and oxygen atoms in total. The molecule has 1 aromatic rings. The lowest BCUT2D eigenvalue weighted by atomic mass is 10.1. The summed E-state index contributed by atoms with van der Waals surface area (Å²) in [6.45, 7) is 9.40. The van der Waals surface area contributed by atoms with Gasteiger partial charge in [-0.05, 0) is 44.9 Å². The van der Waals surface area contributed by atoms with Crippen molar-refractivity contribution in [2.75, 3.05) is 11.4 Å². The molecule has 0 heterocycles. The zero-order valence-corrected chi connectivity index (χ0v) is 11.6. The second-order valence-corrected chi connectivity index (χ2v) is 4.55. The zero-order valence-electron chi connectivity index (χ0n) is 11.6. The highest BCUT2D eigenvalue weighted by molar-refractivity contribution is 6.02. The third-order valence-electron chi connectivity index (χ3n) is 3.31. The first kappa shape index (κ1) is 14.4. The van der Waals surface area contributed by atoms with Crippen molar-refractivity contribution in [2.24, 2.45) is 10.9 Å². The molecule has 1 atom stereocenters. The predicted octanol–water partition coefficient (Wildman–Crippen LogP) is 2.71. The molecule has 0 aliphatic carbocycles. The number of oxime groups is 1. The number of anilines is 1. The molecule has 1 unspecified atom stereocenters. The summed E-state index contributed by atoms with van der Waals surface area (Å²) in [5.41, 5.74) is 8.73. The SMILES string of the molecule is CCC(C)N(CC)c1cc(C)ccc1/C(N)=N/O. The Kier molecular flexibility index (Phi) is 5.01. The fourth-order valence-electron chi connectivity index (χ4n) is 2.09. The molecule has 0 radical (unpaired) electrons. The van der Waals surface area contributed by atoms with Gasteiger partial charge >= 0.3 is 0 Å². The van der Waals surface area contributed by atoms with Gasteiger partial charge in [0.15, 0.2) is 5.84 Å². The van der Waals surface area contributed by atoms with E-state index in [4.69, 9.17) is 10.9 Å². The third-order valence-corrected chi connectivity index (χ3v) is 3.31. The molecule has 1 aromatic carbocycles. The van der Waals surface area contributed by atoms with Crippen LogP contribution in [-0.2, 0) is 0 Å². The Hall–Kier alpha value is -1.71. The van der Waals surface area contributed by atoms with E-state index in [0.29, 0.717) is 6.04 Å². The average Bonchev–Trinajstić information content (AvgIpc) is 2.38. The summed E-state index contributed by atoms with van der Waals surface area (Å²) in [5, 5.41) is 12.0. The van der Waals surface area contributed by atoms with Crippen molar-refractivity contribution >= 4 is 11.5 Å². The van der Waals surface area contributed by atoms with Gasteiger partial charge in [-0.3, -0.25) is 0 Å². The van der Waals surface area contributed by atoms with Gasteiger partial charge in [-0.2, -0.15) is 0 Å². The topological polar surface area (TPSA) is 61.8 Å². The van der Waals surface area contributed by atoms with Gasteiger partial charge in [0.05, 0.1) is 0 Å².